The smallest absolute Gasteiger partial charge is 0.251 e. The number of rotatable bonds is 3. The van der Waals surface area contributed by atoms with E-state index in [4.69, 9.17) is 9.47 Å². The van der Waals surface area contributed by atoms with Crippen molar-refractivity contribution in [3.8, 4) is 11.5 Å². The molecule has 0 fully saturated rings. The summed E-state index contributed by atoms with van der Waals surface area (Å²) >= 11 is 0. The maximum Gasteiger partial charge on any atom is 0.251 e. The summed E-state index contributed by atoms with van der Waals surface area (Å²) in [6.07, 6.45) is 1.74. The maximum atomic E-state index is 12.4. The Morgan fingerprint density at radius 1 is 1.08 bits per heavy atom. The molecule has 5 heteroatoms. The van der Waals surface area contributed by atoms with Gasteiger partial charge >= 0.3 is 0 Å². The molecule has 0 saturated carbocycles. The fraction of sp³-hybridized carbons (Fsp3) is 0.200. The van der Waals surface area contributed by atoms with E-state index in [9.17, 15) is 4.79 Å². The average molecular weight is 334 g/mol. The lowest BCUT2D eigenvalue weighted by molar-refractivity contribution is -0.0431. The first-order chi connectivity index (χ1) is 12.0. The number of ether oxygens (including phenoxy) is 2. The van der Waals surface area contributed by atoms with Gasteiger partial charge in [0.15, 0.2) is 11.5 Å². The summed E-state index contributed by atoms with van der Waals surface area (Å²) in [5.74, 6) is 0.656. The van der Waals surface area contributed by atoms with E-state index in [1.54, 1.807) is 12.3 Å². The van der Waals surface area contributed by atoms with Crippen LogP contribution in [0.25, 0.3) is 10.9 Å². The second-order valence-corrected chi connectivity index (χ2v) is 6.48. The molecule has 0 aliphatic carbocycles. The van der Waals surface area contributed by atoms with Crippen molar-refractivity contribution in [2.75, 3.05) is 0 Å². The Labute approximate surface area is 145 Å². The quantitative estimate of drug-likeness (QED) is 0.794. The average Bonchev–Trinajstić information content (AvgIpc) is 2.92. The predicted octanol–water partition coefficient (Wildman–Crippen LogP) is 3.67. The van der Waals surface area contributed by atoms with Gasteiger partial charge in [0.2, 0.25) is 5.79 Å². The number of carbonyl (C=O) groups is 1. The fourth-order valence-corrected chi connectivity index (χ4v) is 2.88. The van der Waals surface area contributed by atoms with Gasteiger partial charge in [-0.3, -0.25) is 9.78 Å². The lowest BCUT2D eigenvalue weighted by Gasteiger charge is -2.16. The zero-order valence-electron chi connectivity index (χ0n) is 14.1. The van der Waals surface area contributed by atoms with E-state index in [-0.39, 0.29) is 5.91 Å². The lowest BCUT2D eigenvalue weighted by atomic mass is 10.1. The normalized spacial score (nSPS) is 14.5. The summed E-state index contributed by atoms with van der Waals surface area (Å²) in [5.41, 5.74) is 2.44. The molecule has 0 bridgehead atoms. The molecule has 1 aliphatic rings. The summed E-state index contributed by atoms with van der Waals surface area (Å²) in [6.45, 7) is 4.15. The maximum absolute atomic E-state index is 12.4. The number of nitrogens with zero attached hydrogens (tertiary/aromatic N) is 1. The van der Waals surface area contributed by atoms with Crippen molar-refractivity contribution < 1.29 is 14.3 Å². The minimum absolute atomic E-state index is 0.122. The van der Waals surface area contributed by atoms with E-state index in [2.05, 4.69) is 10.3 Å². The van der Waals surface area contributed by atoms with E-state index in [1.807, 2.05) is 56.3 Å². The first kappa shape index (κ1) is 15.4. The van der Waals surface area contributed by atoms with Gasteiger partial charge in [-0.2, -0.15) is 0 Å². The van der Waals surface area contributed by atoms with Crippen molar-refractivity contribution in [1.29, 1.82) is 0 Å². The molecule has 0 atom stereocenters. The number of hydrogen-bond donors (Lipinski definition) is 1. The molecule has 5 nitrogen and oxygen atoms in total. The molecule has 0 spiro atoms. The number of aromatic nitrogens is 1. The van der Waals surface area contributed by atoms with Gasteiger partial charge in [-0.25, -0.2) is 0 Å². The van der Waals surface area contributed by atoms with E-state index >= 15 is 0 Å². The molecule has 0 unspecified atom stereocenters. The highest BCUT2D eigenvalue weighted by Gasteiger charge is 2.31. The Bertz CT molecular complexity index is 966. The third-order valence-corrected chi connectivity index (χ3v) is 4.04. The van der Waals surface area contributed by atoms with Crippen molar-refractivity contribution in [2.24, 2.45) is 0 Å². The van der Waals surface area contributed by atoms with Gasteiger partial charge in [0, 0.05) is 37.5 Å². The summed E-state index contributed by atoms with van der Waals surface area (Å²) in [7, 11) is 0. The van der Waals surface area contributed by atoms with Gasteiger partial charge in [-0.05, 0) is 42.0 Å². The van der Waals surface area contributed by atoms with Crippen LogP contribution in [-0.2, 0) is 6.54 Å². The molecule has 3 aromatic rings. The van der Waals surface area contributed by atoms with Gasteiger partial charge in [0.25, 0.3) is 5.91 Å². The molecule has 126 valence electrons. The van der Waals surface area contributed by atoms with Crippen molar-refractivity contribution >= 4 is 16.8 Å². The third-order valence-electron chi connectivity index (χ3n) is 4.04. The Kier molecular flexibility index (Phi) is 3.57. The summed E-state index contributed by atoms with van der Waals surface area (Å²) in [6, 6.07) is 15.0. The Balaban J connectivity index is 1.47. The van der Waals surface area contributed by atoms with Crippen LogP contribution in [0.4, 0.5) is 0 Å². The molecular weight excluding hydrogens is 316 g/mol. The van der Waals surface area contributed by atoms with Gasteiger partial charge in [0.1, 0.15) is 0 Å². The van der Waals surface area contributed by atoms with Crippen LogP contribution >= 0.6 is 0 Å². The van der Waals surface area contributed by atoms with Gasteiger partial charge in [-0.1, -0.05) is 12.1 Å². The van der Waals surface area contributed by atoms with E-state index < -0.39 is 5.79 Å². The lowest BCUT2D eigenvalue weighted by Crippen LogP contribution is -2.29. The van der Waals surface area contributed by atoms with E-state index in [0.717, 1.165) is 22.2 Å². The topological polar surface area (TPSA) is 60.5 Å². The first-order valence-corrected chi connectivity index (χ1v) is 8.14. The third kappa shape index (κ3) is 3.13. The van der Waals surface area contributed by atoms with Crippen LogP contribution < -0.4 is 14.8 Å². The number of carbonyl (C=O) groups excluding carboxylic acids is 1. The summed E-state index contributed by atoms with van der Waals surface area (Å²) in [5, 5.41) is 3.88. The van der Waals surface area contributed by atoms with Crippen LogP contribution in [-0.4, -0.2) is 16.7 Å². The first-order valence-electron chi connectivity index (χ1n) is 8.14. The largest absolute Gasteiger partial charge is 0.449 e. The number of nitrogens with one attached hydrogen (secondary N) is 1. The molecule has 0 saturated heterocycles. The minimum atomic E-state index is -0.649. The minimum Gasteiger partial charge on any atom is -0.449 e. The van der Waals surface area contributed by atoms with Crippen molar-refractivity contribution in [3.63, 3.8) is 0 Å². The van der Waals surface area contributed by atoms with E-state index in [1.165, 1.54) is 0 Å². The molecule has 4 rings (SSSR count). The summed E-state index contributed by atoms with van der Waals surface area (Å²) < 4.78 is 11.4. The van der Waals surface area contributed by atoms with Gasteiger partial charge in [0.05, 0.1) is 5.52 Å². The predicted molar refractivity (Wildman–Crippen MR) is 94.7 cm³/mol. The molecule has 0 radical (unpaired) electrons. The molecule has 2 heterocycles. The SMILES string of the molecule is CC1(C)Oc2ccc(CNC(=O)c3ccc4ncccc4c3)cc2O1. The highest BCUT2D eigenvalue weighted by Crippen LogP contribution is 2.39. The van der Waals surface area contributed by atoms with Crippen molar-refractivity contribution in [1.82, 2.24) is 10.3 Å². The Hall–Kier alpha value is -3.08. The number of fused-ring (bicyclic) bond motifs is 2. The van der Waals surface area contributed by atoms with E-state index in [0.29, 0.717) is 17.9 Å². The van der Waals surface area contributed by atoms with Crippen molar-refractivity contribution in [2.45, 2.75) is 26.2 Å². The monoisotopic (exact) mass is 334 g/mol. The molecule has 2 aromatic carbocycles. The fourth-order valence-electron chi connectivity index (χ4n) is 2.88. The second-order valence-electron chi connectivity index (χ2n) is 6.48. The zero-order chi connectivity index (χ0) is 17.4. The Morgan fingerprint density at radius 2 is 1.92 bits per heavy atom. The highest BCUT2D eigenvalue weighted by atomic mass is 16.7. The van der Waals surface area contributed by atoms with Crippen LogP contribution in [0, 0.1) is 0 Å². The molecular formula is C20H18N2O3. The van der Waals surface area contributed by atoms with Gasteiger partial charge in [-0.15, -0.1) is 0 Å². The number of hydrogen-bond acceptors (Lipinski definition) is 4. The molecule has 1 amide bonds. The number of benzene rings is 2. The molecule has 1 aromatic heterocycles. The highest BCUT2D eigenvalue weighted by molar-refractivity contribution is 5.97. The molecule has 1 aliphatic heterocycles. The van der Waals surface area contributed by atoms with Crippen LogP contribution in [0.5, 0.6) is 11.5 Å². The standard InChI is InChI=1S/C20H18N2O3/c1-20(2)24-17-8-5-13(10-18(17)25-20)12-22-19(23)15-6-7-16-14(11-15)4-3-9-21-16/h3-11H,12H2,1-2H3,(H,22,23). The van der Waals surface area contributed by atoms with Crippen LogP contribution in [0.3, 0.4) is 0 Å². The zero-order valence-corrected chi connectivity index (χ0v) is 14.1. The van der Waals surface area contributed by atoms with Crippen LogP contribution in [0.2, 0.25) is 0 Å². The summed E-state index contributed by atoms with van der Waals surface area (Å²) in [4.78, 5) is 16.7. The number of pyridine rings is 1. The van der Waals surface area contributed by atoms with Crippen LogP contribution in [0.1, 0.15) is 29.8 Å². The second kappa shape index (κ2) is 5.77. The van der Waals surface area contributed by atoms with Crippen LogP contribution in [0.15, 0.2) is 54.7 Å². The number of amides is 1. The Morgan fingerprint density at radius 3 is 2.80 bits per heavy atom. The van der Waals surface area contributed by atoms with Gasteiger partial charge < -0.3 is 14.8 Å². The molecule has 25 heavy (non-hydrogen) atoms. The van der Waals surface area contributed by atoms with Crippen molar-refractivity contribution in [3.05, 3.63) is 65.9 Å². The molecule has 1 N–H and O–H groups in total.